The van der Waals surface area contributed by atoms with Gasteiger partial charge in [0, 0.05) is 37.5 Å². The Kier molecular flexibility index (Phi) is 6.21. The maximum Gasteiger partial charge on any atom is 0.0641 e. The Morgan fingerprint density at radius 2 is 1.75 bits per heavy atom. The van der Waals surface area contributed by atoms with Crippen molar-refractivity contribution < 1.29 is 5.11 Å². The van der Waals surface area contributed by atoms with Gasteiger partial charge in [0.15, 0.2) is 0 Å². The molecule has 1 rings (SSSR count). The zero-order valence-corrected chi connectivity index (χ0v) is 14.1. The van der Waals surface area contributed by atoms with Gasteiger partial charge in [-0.25, -0.2) is 0 Å². The van der Waals surface area contributed by atoms with Crippen LogP contribution in [0.2, 0.25) is 0 Å². The van der Waals surface area contributed by atoms with Gasteiger partial charge in [-0.2, -0.15) is 5.10 Å². The first kappa shape index (κ1) is 17.2. The van der Waals surface area contributed by atoms with E-state index in [1.54, 1.807) is 0 Å². The van der Waals surface area contributed by atoms with Crippen LogP contribution in [0.25, 0.3) is 0 Å². The molecule has 0 bridgehead atoms. The van der Waals surface area contributed by atoms with Crippen molar-refractivity contribution in [3.05, 3.63) is 17.0 Å². The molecule has 0 aromatic carbocycles. The number of aryl methyl sites for hydroxylation is 2. The lowest BCUT2D eigenvalue weighted by Gasteiger charge is -2.32. The number of aromatic nitrogens is 2. The monoisotopic (exact) mass is 281 g/mol. The average molecular weight is 281 g/mol. The van der Waals surface area contributed by atoms with Crippen LogP contribution in [0.3, 0.4) is 0 Å². The normalized spacial score (nSPS) is 15.1. The summed E-state index contributed by atoms with van der Waals surface area (Å²) in [7, 11) is 1.98. The minimum absolute atomic E-state index is 0.235. The molecule has 0 spiro atoms. The molecule has 0 saturated carbocycles. The van der Waals surface area contributed by atoms with Gasteiger partial charge in [-0.05, 0) is 31.6 Å². The third-order valence-electron chi connectivity index (χ3n) is 4.42. The molecule has 2 unspecified atom stereocenters. The lowest BCUT2D eigenvalue weighted by Crippen LogP contribution is -2.44. The Balaban J connectivity index is 2.82. The minimum atomic E-state index is 0.235. The highest BCUT2D eigenvalue weighted by Crippen LogP contribution is 2.22. The van der Waals surface area contributed by atoms with Gasteiger partial charge in [-0.1, -0.05) is 27.7 Å². The van der Waals surface area contributed by atoms with Crippen LogP contribution in [0.5, 0.6) is 0 Å². The summed E-state index contributed by atoms with van der Waals surface area (Å²) in [5, 5.41) is 17.8. The molecule has 2 atom stereocenters. The largest absolute Gasteiger partial charge is 0.396 e. The first-order valence-electron chi connectivity index (χ1n) is 7.62. The highest BCUT2D eigenvalue weighted by Gasteiger charge is 2.26. The van der Waals surface area contributed by atoms with Crippen LogP contribution >= 0.6 is 0 Å². The third kappa shape index (κ3) is 3.83. The summed E-state index contributed by atoms with van der Waals surface area (Å²) in [6.07, 6.45) is 0. The molecule has 4 heteroatoms. The number of hydrogen-bond donors (Lipinski definition) is 2. The van der Waals surface area contributed by atoms with Gasteiger partial charge in [-0.3, -0.25) is 4.68 Å². The molecule has 0 aliphatic rings. The molecule has 1 aromatic rings. The molecule has 116 valence electrons. The minimum Gasteiger partial charge on any atom is -0.396 e. The number of nitrogens with one attached hydrogen (secondary N) is 1. The summed E-state index contributed by atoms with van der Waals surface area (Å²) in [6.45, 7) is 14.0. The standard InChI is InChI=1S/C16H31N3O/c1-10(2)15(9-20)16(11(3)4)17-8-14-12(5)18-19(7)13(14)6/h10-11,15-17,20H,8-9H2,1-7H3. The second-order valence-electron chi connectivity index (χ2n) is 6.51. The summed E-state index contributed by atoms with van der Waals surface area (Å²) in [6, 6.07) is 0.319. The van der Waals surface area contributed by atoms with Crippen LogP contribution in [-0.2, 0) is 13.6 Å². The zero-order valence-electron chi connectivity index (χ0n) is 14.1. The molecular formula is C16H31N3O. The molecule has 1 heterocycles. The number of rotatable bonds is 7. The van der Waals surface area contributed by atoms with E-state index in [0.29, 0.717) is 17.9 Å². The van der Waals surface area contributed by atoms with E-state index in [2.05, 4.69) is 52.0 Å². The van der Waals surface area contributed by atoms with Crippen molar-refractivity contribution in [3.8, 4) is 0 Å². The number of hydrogen-bond acceptors (Lipinski definition) is 3. The molecule has 0 aliphatic carbocycles. The molecule has 0 fully saturated rings. The fourth-order valence-corrected chi connectivity index (χ4v) is 2.91. The van der Waals surface area contributed by atoms with Crippen LogP contribution in [0.15, 0.2) is 0 Å². The van der Waals surface area contributed by atoms with Gasteiger partial charge in [-0.15, -0.1) is 0 Å². The maximum absolute atomic E-state index is 9.67. The smallest absolute Gasteiger partial charge is 0.0641 e. The predicted octanol–water partition coefficient (Wildman–Crippen LogP) is 2.42. The lowest BCUT2D eigenvalue weighted by molar-refractivity contribution is 0.128. The SMILES string of the molecule is Cc1nn(C)c(C)c1CNC(C(C)C)C(CO)C(C)C. The molecule has 2 N–H and O–H groups in total. The maximum atomic E-state index is 9.67. The van der Waals surface area contributed by atoms with Gasteiger partial charge in [0.25, 0.3) is 0 Å². The van der Waals surface area contributed by atoms with Crippen molar-refractivity contribution in [2.24, 2.45) is 24.8 Å². The Hall–Kier alpha value is -0.870. The summed E-state index contributed by atoms with van der Waals surface area (Å²) in [5.74, 6) is 1.25. The van der Waals surface area contributed by atoms with E-state index in [4.69, 9.17) is 0 Å². The Morgan fingerprint density at radius 3 is 2.10 bits per heavy atom. The van der Waals surface area contributed by atoms with Crippen molar-refractivity contribution in [2.45, 2.75) is 54.1 Å². The molecule has 1 aromatic heterocycles. The number of aliphatic hydroxyl groups is 1. The van der Waals surface area contributed by atoms with Crippen LogP contribution < -0.4 is 5.32 Å². The quantitative estimate of drug-likeness (QED) is 0.807. The van der Waals surface area contributed by atoms with Crippen molar-refractivity contribution in [3.63, 3.8) is 0 Å². The predicted molar refractivity (Wildman–Crippen MR) is 83.6 cm³/mol. The second kappa shape index (κ2) is 7.23. The third-order valence-corrected chi connectivity index (χ3v) is 4.42. The van der Waals surface area contributed by atoms with E-state index in [0.717, 1.165) is 12.2 Å². The van der Waals surface area contributed by atoms with Crippen LogP contribution in [0.4, 0.5) is 0 Å². The van der Waals surface area contributed by atoms with Gasteiger partial charge in [0.1, 0.15) is 0 Å². The Morgan fingerprint density at radius 1 is 1.15 bits per heavy atom. The summed E-state index contributed by atoms with van der Waals surface area (Å²) < 4.78 is 1.93. The van der Waals surface area contributed by atoms with Crippen LogP contribution in [0, 0.1) is 31.6 Å². The van der Waals surface area contributed by atoms with E-state index >= 15 is 0 Å². The first-order chi connectivity index (χ1) is 9.29. The van der Waals surface area contributed by atoms with E-state index in [1.165, 1.54) is 11.3 Å². The van der Waals surface area contributed by atoms with E-state index in [-0.39, 0.29) is 12.5 Å². The molecule has 0 aliphatic heterocycles. The van der Waals surface area contributed by atoms with Crippen molar-refractivity contribution >= 4 is 0 Å². The molecule has 20 heavy (non-hydrogen) atoms. The van der Waals surface area contributed by atoms with Crippen LogP contribution in [0.1, 0.15) is 44.6 Å². The van der Waals surface area contributed by atoms with Crippen molar-refractivity contribution in [1.82, 2.24) is 15.1 Å². The first-order valence-corrected chi connectivity index (χ1v) is 7.62. The summed E-state index contributed by atoms with van der Waals surface area (Å²) in [5.41, 5.74) is 3.58. The van der Waals surface area contributed by atoms with E-state index in [1.807, 2.05) is 11.7 Å². The zero-order chi connectivity index (χ0) is 15.4. The van der Waals surface area contributed by atoms with Gasteiger partial charge in [0.2, 0.25) is 0 Å². The van der Waals surface area contributed by atoms with Crippen molar-refractivity contribution in [2.75, 3.05) is 6.61 Å². The molecule has 4 nitrogen and oxygen atoms in total. The Labute approximate surface area is 123 Å². The topological polar surface area (TPSA) is 50.1 Å². The lowest BCUT2D eigenvalue weighted by atomic mass is 9.83. The summed E-state index contributed by atoms with van der Waals surface area (Å²) in [4.78, 5) is 0. The molecule has 0 saturated heterocycles. The van der Waals surface area contributed by atoms with Gasteiger partial charge in [0.05, 0.1) is 5.69 Å². The average Bonchev–Trinajstić information content (AvgIpc) is 2.59. The van der Waals surface area contributed by atoms with Crippen LogP contribution in [-0.4, -0.2) is 27.5 Å². The number of aliphatic hydroxyl groups excluding tert-OH is 1. The number of nitrogens with zero attached hydrogens (tertiary/aromatic N) is 2. The van der Waals surface area contributed by atoms with E-state index < -0.39 is 0 Å². The highest BCUT2D eigenvalue weighted by molar-refractivity contribution is 5.24. The van der Waals surface area contributed by atoms with Gasteiger partial charge < -0.3 is 10.4 Å². The Bertz CT molecular complexity index is 424. The van der Waals surface area contributed by atoms with Gasteiger partial charge >= 0.3 is 0 Å². The second-order valence-corrected chi connectivity index (χ2v) is 6.51. The molecule has 0 radical (unpaired) electrons. The summed E-state index contributed by atoms with van der Waals surface area (Å²) >= 11 is 0. The fourth-order valence-electron chi connectivity index (χ4n) is 2.91. The van der Waals surface area contributed by atoms with Crippen molar-refractivity contribution in [1.29, 1.82) is 0 Å². The fraction of sp³-hybridized carbons (Fsp3) is 0.812. The molecule has 0 amide bonds. The molecular weight excluding hydrogens is 250 g/mol. The highest BCUT2D eigenvalue weighted by atomic mass is 16.3. The van der Waals surface area contributed by atoms with E-state index in [9.17, 15) is 5.11 Å².